The van der Waals surface area contributed by atoms with E-state index < -0.39 is 0 Å². The van der Waals surface area contributed by atoms with E-state index in [9.17, 15) is 14.0 Å². The van der Waals surface area contributed by atoms with Crippen molar-refractivity contribution >= 4 is 34.4 Å². The molecular weight excluding hydrogens is 357 g/mol. The van der Waals surface area contributed by atoms with E-state index in [1.807, 2.05) is 29.0 Å². The Bertz CT molecular complexity index is 827. The smallest absolute Gasteiger partial charge is 0.221 e. The molecule has 0 fully saturated rings. The topological polar surface area (TPSA) is 46.2 Å². The van der Waals surface area contributed by atoms with Crippen molar-refractivity contribution in [3.63, 3.8) is 0 Å². The highest BCUT2D eigenvalue weighted by molar-refractivity contribution is 7.12. The monoisotopic (exact) mass is 373 g/mol. The fraction of sp³-hybridized carbons (Fsp3) is 0.158. The first-order valence-corrected chi connectivity index (χ1v) is 9.54. The summed E-state index contributed by atoms with van der Waals surface area (Å²) in [6.07, 6.45) is 0.298. The van der Waals surface area contributed by atoms with Crippen molar-refractivity contribution < 1.29 is 14.0 Å². The summed E-state index contributed by atoms with van der Waals surface area (Å²) in [5.74, 6) is -0.547. The van der Waals surface area contributed by atoms with E-state index in [2.05, 4.69) is 5.32 Å². The Labute approximate surface area is 153 Å². The Hall–Kier alpha value is -2.31. The minimum absolute atomic E-state index is 0.0281. The summed E-state index contributed by atoms with van der Waals surface area (Å²) in [6, 6.07) is 13.2. The Morgan fingerprint density at radius 3 is 2.32 bits per heavy atom. The molecule has 3 rings (SSSR count). The molecule has 0 aliphatic heterocycles. The number of benzene rings is 1. The van der Waals surface area contributed by atoms with Crippen LogP contribution in [0.5, 0.6) is 0 Å². The van der Waals surface area contributed by atoms with Gasteiger partial charge >= 0.3 is 0 Å². The van der Waals surface area contributed by atoms with Crippen LogP contribution in [0.3, 0.4) is 0 Å². The van der Waals surface area contributed by atoms with Gasteiger partial charge in [-0.25, -0.2) is 4.39 Å². The van der Waals surface area contributed by atoms with Gasteiger partial charge in [-0.2, -0.15) is 0 Å². The van der Waals surface area contributed by atoms with Crippen LogP contribution in [0.1, 0.15) is 39.0 Å². The van der Waals surface area contributed by atoms with Crippen LogP contribution in [0.25, 0.3) is 0 Å². The average Bonchev–Trinajstić information content (AvgIpc) is 3.31. The first kappa shape index (κ1) is 17.5. The molecule has 1 amide bonds. The van der Waals surface area contributed by atoms with Gasteiger partial charge in [-0.3, -0.25) is 9.59 Å². The Morgan fingerprint density at radius 1 is 0.960 bits per heavy atom. The number of carbonyl (C=O) groups is 2. The van der Waals surface area contributed by atoms with Gasteiger partial charge in [0.15, 0.2) is 5.78 Å². The van der Waals surface area contributed by atoms with Crippen molar-refractivity contribution in [2.24, 2.45) is 0 Å². The predicted molar refractivity (Wildman–Crippen MR) is 98.6 cm³/mol. The number of hydrogen-bond acceptors (Lipinski definition) is 4. The van der Waals surface area contributed by atoms with Crippen molar-refractivity contribution in [2.75, 3.05) is 0 Å². The summed E-state index contributed by atoms with van der Waals surface area (Å²) in [7, 11) is 0. The SMILES string of the molecule is O=C(CCC(=O)c1cccs1)NC(c1ccc(F)cc1)c1cccs1. The van der Waals surface area contributed by atoms with Gasteiger partial charge in [0.25, 0.3) is 0 Å². The summed E-state index contributed by atoms with van der Waals surface area (Å²) in [5, 5.41) is 6.73. The van der Waals surface area contributed by atoms with E-state index in [-0.39, 0.29) is 36.4 Å². The number of halogens is 1. The molecule has 0 saturated carbocycles. The molecule has 1 unspecified atom stereocenters. The minimum atomic E-state index is -0.343. The summed E-state index contributed by atoms with van der Waals surface area (Å²) in [5.41, 5.74) is 0.807. The minimum Gasteiger partial charge on any atom is -0.344 e. The summed E-state index contributed by atoms with van der Waals surface area (Å²) in [6.45, 7) is 0. The number of hydrogen-bond donors (Lipinski definition) is 1. The lowest BCUT2D eigenvalue weighted by molar-refractivity contribution is -0.121. The predicted octanol–water partition coefficient (Wildman–Crippen LogP) is 4.82. The second kappa shape index (κ2) is 8.18. The van der Waals surface area contributed by atoms with Crippen LogP contribution in [0.15, 0.2) is 59.3 Å². The van der Waals surface area contributed by atoms with E-state index >= 15 is 0 Å². The molecular formula is C19H16FNO2S2. The average molecular weight is 373 g/mol. The zero-order chi connectivity index (χ0) is 17.6. The maximum Gasteiger partial charge on any atom is 0.221 e. The van der Waals surface area contributed by atoms with Crippen LogP contribution in [-0.2, 0) is 4.79 Å². The molecule has 0 saturated heterocycles. The lowest BCUT2D eigenvalue weighted by atomic mass is 10.0. The molecule has 3 nitrogen and oxygen atoms in total. The van der Waals surface area contributed by atoms with Gasteiger partial charge in [-0.15, -0.1) is 22.7 Å². The van der Waals surface area contributed by atoms with Gasteiger partial charge in [-0.05, 0) is 40.6 Å². The van der Waals surface area contributed by atoms with E-state index in [0.29, 0.717) is 4.88 Å². The highest BCUT2D eigenvalue weighted by Crippen LogP contribution is 2.26. The molecule has 2 aromatic heterocycles. The maximum absolute atomic E-state index is 13.2. The third-order valence-corrected chi connectivity index (χ3v) is 5.56. The highest BCUT2D eigenvalue weighted by Gasteiger charge is 2.19. The number of ketones is 1. The van der Waals surface area contributed by atoms with Gasteiger partial charge in [0, 0.05) is 17.7 Å². The number of thiophene rings is 2. The summed E-state index contributed by atoms with van der Waals surface area (Å²) >= 11 is 2.90. The number of nitrogens with one attached hydrogen (secondary N) is 1. The first-order valence-electron chi connectivity index (χ1n) is 7.78. The molecule has 2 heterocycles. The zero-order valence-electron chi connectivity index (χ0n) is 13.3. The van der Waals surface area contributed by atoms with E-state index in [1.54, 1.807) is 18.2 Å². The van der Waals surface area contributed by atoms with Crippen LogP contribution in [-0.4, -0.2) is 11.7 Å². The standard InChI is InChI=1S/C19H16FNO2S2/c20-14-7-5-13(6-8-14)19(17-4-2-12-25-17)21-18(23)10-9-15(22)16-3-1-11-24-16/h1-8,11-12,19H,9-10H2,(H,21,23). The van der Waals surface area contributed by atoms with Crippen molar-refractivity contribution in [3.8, 4) is 0 Å². The third-order valence-electron chi connectivity index (χ3n) is 3.71. The van der Waals surface area contributed by atoms with Crippen molar-refractivity contribution in [3.05, 3.63) is 80.4 Å². The lowest BCUT2D eigenvalue weighted by Crippen LogP contribution is -2.29. The van der Waals surface area contributed by atoms with Crippen LogP contribution in [0, 0.1) is 5.82 Å². The fourth-order valence-corrected chi connectivity index (χ4v) is 3.95. The molecule has 25 heavy (non-hydrogen) atoms. The molecule has 1 N–H and O–H groups in total. The second-order valence-electron chi connectivity index (χ2n) is 5.47. The lowest BCUT2D eigenvalue weighted by Gasteiger charge is -2.18. The van der Waals surface area contributed by atoms with Gasteiger partial charge < -0.3 is 5.32 Å². The number of carbonyl (C=O) groups excluding carboxylic acids is 2. The molecule has 0 aliphatic rings. The zero-order valence-corrected chi connectivity index (χ0v) is 14.9. The molecule has 128 valence electrons. The van der Waals surface area contributed by atoms with Crippen molar-refractivity contribution in [1.82, 2.24) is 5.32 Å². The summed E-state index contributed by atoms with van der Waals surface area (Å²) < 4.78 is 13.2. The second-order valence-corrected chi connectivity index (χ2v) is 7.39. The molecule has 6 heteroatoms. The van der Waals surface area contributed by atoms with Crippen LogP contribution >= 0.6 is 22.7 Å². The maximum atomic E-state index is 13.2. The number of amides is 1. The van der Waals surface area contributed by atoms with Crippen LogP contribution in [0.4, 0.5) is 4.39 Å². The van der Waals surface area contributed by atoms with Crippen molar-refractivity contribution in [2.45, 2.75) is 18.9 Å². The molecule has 0 bridgehead atoms. The molecule has 1 aromatic carbocycles. The molecule has 0 spiro atoms. The molecule has 1 atom stereocenters. The largest absolute Gasteiger partial charge is 0.344 e. The molecule has 0 radical (unpaired) electrons. The highest BCUT2D eigenvalue weighted by atomic mass is 32.1. The number of rotatable bonds is 7. The molecule has 0 aliphatic carbocycles. The van der Waals surface area contributed by atoms with Gasteiger partial charge in [0.05, 0.1) is 10.9 Å². The quantitative estimate of drug-likeness (QED) is 0.604. The van der Waals surface area contributed by atoms with E-state index in [4.69, 9.17) is 0 Å². The number of Topliss-reactive ketones (excluding diaryl/α,β-unsaturated/α-hetero) is 1. The Morgan fingerprint density at radius 2 is 1.68 bits per heavy atom. The summed E-state index contributed by atoms with van der Waals surface area (Å²) in [4.78, 5) is 26.0. The normalized spacial score (nSPS) is 11.9. The van der Waals surface area contributed by atoms with E-state index in [1.165, 1.54) is 34.8 Å². The van der Waals surface area contributed by atoms with Gasteiger partial charge in [0.2, 0.25) is 5.91 Å². The first-order chi connectivity index (χ1) is 12.1. The van der Waals surface area contributed by atoms with E-state index in [0.717, 1.165) is 10.4 Å². The van der Waals surface area contributed by atoms with Crippen molar-refractivity contribution in [1.29, 1.82) is 0 Å². The Balaban J connectivity index is 1.67. The third kappa shape index (κ3) is 4.61. The molecule has 3 aromatic rings. The fourth-order valence-electron chi connectivity index (χ4n) is 2.45. The van der Waals surface area contributed by atoms with Crippen LogP contribution < -0.4 is 5.32 Å². The van der Waals surface area contributed by atoms with Gasteiger partial charge in [-0.1, -0.05) is 24.3 Å². The van der Waals surface area contributed by atoms with Gasteiger partial charge in [0.1, 0.15) is 5.82 Å². The van der Waals surface area contributed by atoms with Crippen LogP contribution in [0.2, 0.25) is 0 Å². The Kier molecular flexibility index (Phi) is 5.73.